The summed E-state index contributed by atoms with van der Waals surface area (Å²) < 4.78 is 5.83. The van der Waals surface area contributed by atoms with E-state index in [-0.39, 0.29) is 5.91 Å². The van der Waals surface area contributed by atoms with Crippen molar-refractivity contribution in [1.82, 2.24) is 20.9 Å². The molecule has 0 atom stereocenters. The fourth-order valence-electron chi connectivity index (χ4n) is 2.96. The van der Waals surface area contributed by atoms with E-state index in [0.717, 1.165) is 23.3 Å². The van der Waals surface area contributed by atoms with Crippen LogP contribution in [0, 0.1) is 6.92 Å². The Morgan fingerprint density at radius 2 is 1.93 bits per heavy atom. The Balaban J connectivity index is 1.49. The van der Waals surface area contributed by atoms with Crippen LogP contribution in [0.5, 0.6) is 0 Å². The van der Waals surface area contributed by atoms with E-state index in [4.69, 9.17) is 4.42 Å². The summed E-state index contributed by atoms with van der Waals surface area (Å²) in [6, 6.07) is 15.7. The molecule has 1 amide bonds. The van der Waals surface area contributed by atoms with Gasteiger partial charge in [0, 0.05) is 31.8 Å². The fraction of sp³-hybridized carbons (Fsp3) is 0.261. The van der Waals surface area contributed by atoms with Crippen LogP contribution in [-0.2, 0) is 13.0 Å². The van der Waals surface area contributed by atoms with Gasteiger partial charge < -0.3 is 20.4 Å². The topological polar surface area (TPSA) is 91.5 Å². The number of aryl methyl sites for hydroxylation is 1. The lowest BCUT2D eigenvalue weighted by atomic mass is 10.1. The molecule has 7 heteroatoms. The first kappa shape index (κ1) is 21.1. The molecule has 0 aliphatic carbocycles. The molecule has 0 spiro atoms. The molecule has 0 radical (unpaired) electrons. The number of carbonyl (C=O) groups is 1. The van der Waals surface area contributed by atoms with Gasteiger partial charge in [0.15, 0.2) is 11.7 Å². The number of carbonyl (C=O) groups excluding carboxylic acids is 1. The second-order valence-corrected chi connectivity index (χ2v) is 6.87. The molecular weight excluding hydrogens is 378 g/mol. The van der Waals surface area contributed by atoms with E-state index in [1.54, 1.807) is 26.4 Å². The summed E-state index contributed by atoms with van der Waals surface area (Å²) in [5.74, 6) is 1.91. The summed E-state index contributed by atoms with van der Waals surface area (Å²) in [5.41, 5.74) is 3.94. The maximum Gasteiger partial charge on any atom is 0.251 e. The lowest BCUT2D eigenvalue weighted by Crippen LogP contribution is -2.37. The molecule has 0 fully saturated rings. The molecule has 0 aliphatic rings. The molecule has 3 aromatic rings. The van der Waals surface area contributed by atoms with Gasteiger partial charge in [-0.2, -0.15) is 0 Å². The van der Waals surface area contributed by atoms with Crippen molar-refractivity contribution >= 4 is 11.9 Å². The van der Waals surface area contributed by atoms with Crippen LogP contribution in [0.15, 0.2) is 64.1 Å². The number of rotatable bonds is 7. The van der Waals surface area contributed by atoms with E-state index in [1.807, 2.05) is 42.5 Å². The third kappa shape index (κ3) is 5.70. The van der Waals surface area contributed by atoms with Gasteiger partial charge in [-0.15, -0.1) is 0 Å². The molecule has 7 nitrogen and oxygen atoms in total. The van der Waals surface area contributed by atoms with E-state index in [9.17, 15) is 4.79 Å². The van der Waals surface area contributed by atoms with Gasteiger partial charge in [0.1, 0.15) is 0 Å². The van der Waals surface area contributed by atoms with Gasteiger partial charge in [-0.1, -0.05) is 42.0 Å². The molecule has 1 aromatic heterocycles. The Labute approximate surface area is 176 Å². The van der Waals surface area contributed by atoms with E-state index in [1.165, 1.54) is 5.56 Å². The number of hydrogen-bond donors (Lipinski definition) is 3. The predicted octanol–water partition coefficient (Wildman–Crippen LogP) is 2.92. The third-order valence-corrected chi connectivity index (χ3v) is 4.64. The van der Waals surface area contributed by atoms with Gasteiger partial charge in [0.2, 0.25) is 5.89 Å². The van der Waals surface area contributed by atoms with Crippen LogP contribution in [0.25, 0.3) is 11.3 Å². The number of aromatic nitrogens is 1. The third-order valence-electron chi connectivity index (χ3n) is 4.64. The summed E-state index contributed by atoms with van der Waals surface area (Å²) in [5, 5.41) is 9.11. The Kier molecular flexibility index (Phi) is 7.21. The molecule has 2 aromatic carbocycles. The highest BCUT2D eigenvalue weighted by molar-refractivity contribution is 5.94. The number of oxazole rings is 1. The summed E-state index contributed by atoms with van der Waals surface area (Å²) in [6.07, 6.45) is 2.50. The highest BCUT2D eigenvalue weighted by atomic mass is 16.4. The van der Waals surface area contributed by atoms with E-state index >= 15 is 0 Å². The van der Waals surface area contributed by atoms with Gasteiger partial charge in [-0.25, -0.2) is 4.98 Å². The zero-order valence-electron chi connectivity index (χ0n) is 17.5. The van der Waals surface area contributed by atoms with E-state index in [0.29, 0.717) is 30.5 Å². The average molecular weight is 406 g/mol. The van der Waals surface area contributed by atoms with E-state index in [2.05, 4.69) is 32.9 Å². The van der Waals surface area contributed by atoms with Gasteiger partial charge in [-0.3, -0.25) is 9.79 Å². The standard InChI is InChI=1S/C23H27N5O2/c1-16-7-9-18(10-8-16)20-14-27-21(30-20)15-28-23(25-3)26-12-11-17-5-4-6-19(13-17)22(29)24-2/h4-10,13-14H,11-12,15H2,1-3H3,(H,24,29)(H2,25,26,28). The molecule has 0 saturated heterocycles. The number of nitrogens with one attached hydrogen (secondary N) is 3. The van der Waals surface area contributed by atoms with Crippen molar-refractivity contribution in [3.63, 3.8) is 0 Å². The van der Waals surface area contributed by atoms with Crippen LogP contribution in [0.4, 0.5) is 0 Å². The first-order chi connectivity index (χ1) is 14.6. The second-order valence-electron chi connectivity index (χ2n) is 6.87. The van der Waals surface area contributed by atoms with Crippen LogP contribution in [0.3, 0.4) is 0 Å². The number of amides is 1. The summed E-state index contributed by atoms with van der Waals surface area (Å²) in [4.78, 5) is 20.3. The maximum absolute atomic E-state index is 11.8. The van der Waals surface area contributed by atoms with Crippen molar-refractivity contribution in [3.8, 4) is 11.3 Å². The largest absolute Gasteiger partial charge is 0.439 e. The molecule has 3 N–H and O–H groups in total. The van der Waals surface area contributed by atoms with Crippen molar-refractivity contribution < 1.29 is 9.21 Å². The number of benzene rings is 2. The fourth-order valence-corrected chi connectivity index (χ4v) is 2.96. The first-order valence-corrected chi connectivity index (χ1v) is 9.86. The monoisotopic (exact) mass is 405 g/mol. The lowest BCUT2D eigenvalue weighted by molar-refractivity contribution is 0.0963. The number of guanidine groups is 1. The molecule has 3 rings (SSSR count). The van der Waals surface area contributed by atoms with Crippen molar-refractivity contribution in [2.75, 3.05) is 20.6 Å². The minimum Gasteiger partial charge on any atom is -0.439 e. The van der Waals surface area contributed by atoms with Crippen molar-refractivity contribution in [3.05, 3.63) is 77.3 Å². The molecule has 0 aliphatic heterocycles. The lowest BCUT2D eigenvalue weighted by Gasteiger charge is -2.11. The molecular formula is C23H27N5O2. The highest BCUT2D eigenvalue weighted by Crippen LogP contribution is 2.20. The summed E-state index contributed by atoms with van der Waals surface area (Å²) >= 11 is 0. The smallest absolute Gasteiger partial charge is 0.251 e. The van der Waals surface area contributed by atoms with Crippen molar-refractivity contribution in [2.45, 2.75) is 19.9 Å². The average Bonchev–Trinajstić information content (AvgIpc) is 3.25. The number of hydrogen-bond acceptors (Lipinski definition) is 4. The van der Waals surface area contributed by atoms with Crippen molar-refractivity contribution in [2.24, 2.45) is 4.99 Å². The van der Waals surface area contributed by atoms with Crippen LogP contribution >= 0.6 is 0 Å². The molecule has 156 valence electrons. The molecule has 30 heavy (non-hydrogen) atoms. The predicted molar refractivity (Wildman–Crippen MR) is 118 cm³/mol. The van der Waals surface area contributed by atoms with Gasteiger partial charge in [-0.05, 0) is 31.0 Å². The quantitative estimate of drug-likeness (QED) is 0.415. The van der Waals surface area contributed by atoms with Gasteiger partial charge in [0.25, 0.3) is 5.91 Å². The molecule has 0 saturated carbocycles. The van der Waals surface area contributed by atoms with E-state index < -0.39 is 0 Å². The maximum atomic E-state index is 11.8. The molecule has 0 unspecified atom stereocenters. The molecule has 1 heterocycles. The second kappa shape index (κ2) is 10.2. The van der Waals surface area contributed by atoms with Gasteiger partial charge >= 0.3 is 0 Å². The Morgan fingerprint density at radius 3 is 2.67 bits per heavy atom. The Hall–Kier alpha value is -3.61. The van der Waals surface area contributed by atoms with Gasteiger partial charge in [0.05, 0.1) is 12.7 Å². The van der Waals surface area contributed by atoms with Crippen LogP contribution in [0.1, 0.15) is 27.4 Å². The van der Waals surface area contributed by atoms with Crippen LogP contribution < -0.4 is 16.0 Å². The zero-order chi connectivity index (χ0) is 21.3. The SMILES string of the molecule is CN=C(NCCc1cccc(C(=O)NC)c1)NCc1ncc(-c2ccc(C)cc2)o1. The molecule has 0 bridgehead atoms. The minimum absolute atomic E-state index is 0.0850. The number of aliphatic imine (C=N–C) groups is 1. The summed E-state index contributed by atoms with van der Waals surface area (Å²) in [6.45, 7) is 3.16. The normalized spacial score (nSPS) is 11.2. The number of nitrogens with zero attached hydrogens (tertiary/aromatic N) is 2. The van der Waals surface area contributed by atoms with Crippen LogP contribution in [0.2, 0.25) is 0 Å². The zero-order valence-corrected chi connectivity index (χ0v) is 17.5. The first-order valence-electron chi connectivity index (χ1n) is 9.86. The Bertz CT molecular complexity index is 1010. The van der Waals surface area contributed by atoms with Crippen molar-refractivity contribution in [1.29, 1.82) is 0 Å². The minimum atomic E-state index is -0.0850. The summed E-state index contributed by atoms with van der Waals surface area (Å²) in [7, 11) is 3.35. The highest BCUT2D eigenvalue weighted by Gasteiger charge is 2.08. The Morgan fingerprint density at radius 1 is 1.13 bits per heavy atom. The van der Waals surface area contributed by atoms with Crippen LogP contribution in [-0.4, -0.2) is 37.5 Å².